The molecule has 1 aliphatic heterocycles. The lowest BCUT2D eigenvalue weighted by atomic mass is 9.97. The summed E-state index contributed by atoms with van der Waals surface area (Å²) in [5, 5.41) is 8.77. The average molecular weight is 178 g/mol. The van der Waals surface area contributed by atoms with Gasteiger partial charge >= 0.3 is 0 Å². The first-order valence-corrected chi connectivity index (χ1v) is 5.54. The molecule has 0 amide bonds. The highest BCUT2D eigenvalue weighted by atomic mass is 15.2. The molecule has 2 fully saturated rings. The van der Waals surface area contributed by atoms with E-state index in [9.17, 15) is 0 Å². The van der Waals surface area contributed by atoms with E-state index in [1.165, 1.54) is 38.8 Å². The molecule has 0 aromatic rings. The molecule has 2 aliphatic rings. The topological polar surface area (TPSA) is 27.0 Å². The summed E-state index contributed by atoms with van der Waals surface area (Å²) < 4.78 is 0. The number of nitrogens with zero attached hydrogens (tertiary/aromatic N) is 2. The van der Waals surface area contributed by atoms with Gasteiger partial charge in [0.1, 0.15) is 0 Å². The van der Waals surface area contributed by atoms with E-state index in [-0.39, 0.29) is 0 Å². The van der Waals surface area contributed by atoms with Gasteiger partial charge in [-0.2, -0.15) is 5.26 Å². The largest absolute Gasteiger partial charge is 0.300 e. The molecule has 1 saturated heterocycles. The van der Waals surface area contributed by atoms with Crippen LogP contribution in [0, 0.1) is 17.2 Å². The molecular formula is C11H18N2. The molecule has 0 spiro atoms. The summed E-state index contributed by atoms with van der Waals surface area (Å²) >= 11 is 0. The van der Waals surface area contributed by atoms with E-state index in [2.05, 4.69) is 11.0 Å². The minimum absolute atomic E-state index is 0.345. The highest BCUT2D eigenvalue weighted by molar-refractivity contribution is 4.89. The Kier molecular flexibility index (Phi) is 2.85. The Labute approximate surface area is 80.5 Å². The van der Waals surface area contributed by atoms with Crippen LogP contribution in [0.2, 0.25) is 0 Å². The number of nitriles is 1. The van der Waals surface area contributed by atoms with Crippen LogP contribution in [0.4, 0.5) is 0 Å². The fourth-order valence-corrected chi connectivity index (χ4v) is 2.66. The lowest BCUT2D eigenvalue weighted by Gasteiger charge is -2.33. The smallest absolute Gasteiger partial charge is 0.0656 e. The second kappa shape index (κ2) is 4.11. The van der Waals surface area contributed by atoms with Crippen molar-refractivity contribution in [3.05, 3.63) is 0 Å². The van der Waals surface area contributed by atoms with Crippen LogP contribution in [0.1, 0.15) is 38.5 Å². The molecule has 0 bridgehead atoms. The van der Waals surface area contributed by atoms with Crippen molar-refractivity contribution in [2.45, 2.75) is 44.6 Å². The van der Waals surface area contributed by atoms with Gasteiger partial charge in [0, 0.05) is 12.0 Å². The Bertz CT molecular complexity index is 193. The molecule has 1 heterocycles. The SMILES string of the molecule is N#CC1CCN(C2CCCC2)CC1. The molecule has 1 aliphatic carbocycles. The summed E-state index contributed by atoms with van der Waals surface area (Å²) in [6, 6.07) is 3.25. The average Bonchev–Trinajstić information content (AvgIpc) is 2.71. The summed E-state index contributed by atoms with van der Waals surface area (Å²) in [7, 11) is 0. The zero-order chi connectivity index (χ0) is 9.10. The van der Waals surface area contributed by atoms with E-state index < -0.39 is 0 Å². The zero-order valence-electron chi connectivity index (χ0n) is 8.21. The van der Waals surface area contributed by atoms with Gasteiger partial charge in [0.15, 0.2) is 0 Å². The van der Waals surface area contributed by atoms with Crippen LogP contribution in [0.15, 0.2) is 0 Å². The molecule has 2 heteroatoms. The molecule has 0 aromatic heterocycles. The van der Waals surface area contributed by atoms with Crippen LogP contribution >= 0.6 is 0 Å². The van der Waals surface area contributed by atoms with Crippen LogP contribution in [-0.2, 0) is 0 Å². The van der Waals surface area contributed by atoms with Crippen LogP contribution < -0.4 is 0 Å². The highest BCUT2D eigenvalue weighted by Gasteiger charge is 2.26. The fraction of sp³-hybridized carbons (Fsp3) is 0.909. The minimum Gasteiger partial charge on any atom is -0.300 e. The van der Waals surface area contributed by atoms with Gasteiger partial charge in [0.2, 0.25) is 0 Å². The number of piperidine rings is 1. The third-order valence-electron chi connectivity index (χ3n) is 3.55. The van der Waals surface area contributed by atoms with Crippen molar-refractivity contribution in [3.8, 4) is 6.07 Å². The number of hydrogen-bond donors (Lipinski definition) is 0. The van der Waals surface area contributed by atoms with E-state index in [4.69, 9.17) is 5.26 Å². The molecule has 0 aromatic carbocycles. The molecule has 0 unspecified atom stereocenters. The Balaban J connectivity index is 1.81. The summed E-state index contributed by atoms with van der Waals surface area (Å²) in [6.07, 6.45) is 7.85. The Morgan fingerprint density at radius 3 is 2.15 bits per heavy atom. The molecule has 0 atom stereocenters. The molecule has 13 heavy (non-hydrogen) atoms. The molecule has 1 saturated carbocycles. The Morgan fingerprint density at radius 2 is 1.62 bits per heavy atom. The van der Waals surface area contributed by atoms with E-state index in [0.29, 0.717) is 5.92 Å². The minimum atomic E-state index is 0.345. The van der Waals surface area contributed by atoms with Gasteiger partial charge in [-0.3, -0.25) is 0 Å². The number of rotatable bonds is 1. The standard InChI is InChI=1S/C11H18N2/c12-9-10-5-7-13(8-6-10)11-3-1-2-4-11/h10-11H,1-8H2. The maximum Gasteiger partial charge on any atom is 0.0656 e. The summed E-state index contributed by atoms with van der Waals surface area (Å²) in [5.41, 5.74) is 0. The molecule has 0 N–H and O–H groups in total. The van der Waals surface area contributed by atoms with Gasteiger partial charge in [0.25, 0.3) is 0 Å². The lowest BCUT2D eigenvalue weighted by molar-refractivity contribution is 0.149. The van der Waals surface area contributed by atoms with Gasteiger partial charge < -0.3 is 4.90 Å². The van der Waals surface area contributed by atoms with Gasteiger partial charge in [-0.05, 0) is 38.8 Å². The molecule has 0 radical (unpaired) electrons. The molecule has 2 nitrogen and oxygen atoms in total. The Morgan fingerprint density at radius 1 is 1.00 bits per heavy atom. The van der Waals surface area contributed by atoms with Crippen molar-refractivity contribution in [2.24, 2.45) is 5.92 Å². The van der Waals surface area contributed by atoms with Crippen molar-refractivity contribution >= 4 is 0 Å². The summed E-state index contributed by atoms with van der Waals surface area (Å²) in [6.45, 7) is 2.34. The third-order valence-corrected chi connectivity index (χ3v) is 3.55. The number of hydrogen-bond acceptors (Lipinski definition) is 2. The maximum absolute atomic E-state index is 8.77. The first kappa shape index (κ1) is 9.02. The predicted octanol–water partition coefficient (Wildman–Crippen LogP) is 2.16. The second-order valence-corrected chi connectivity index (χ2v) is 4.38. The fourth-order valence-electron chi connectivity index (χ4n) is 2.66. The molecule has 72 valence electrons. The summed E-state index contributed by atoms with van der Waals surface area (Å²) in [5.74, 6) is 0.345. The van der Waals surface area contributed by atoms with Crippen LogP contribution in [-0.4, -0.2) is 24.0 Å². The Hall–Kier alpha value is -0.550. The van der Waals surface area contributed by atoms with Crippen molar-refractivity contribution in [1.82, 2.24) is 4.90 Å². The van der Waals surface area contributed by atoms with Crippen molar-refractivity contribution in [3.63, 3.8) is 0 Å². The number of likely N-dealkylation sites (tertiary alicyclic amines) is 1. The van der Waals surface area contributed by atoms with Crippen molar-refractivity contribution in [2.75, 3.05) is 13.1 Å². The highest BCUT2D eigenvalue weighted by Crippen LogP contribution is 2.27. The quantitative estimate of drug-likeness (QED) is 0.615. The van der Waals surface area contributed by atoms with Gasteiger partial charge in [-0.25, -0.2) is 0 Å². The van der Waals surface area contributed by atoms with Crippen LogP contribution in [0.25, 0.3) is 0 Å². The van der Waals surface area contributed by atoms with E-state index >= 15 is 0 Å². The molecular weight excluding hydrogens is 160 g/mol. The third kappa shape index (κ3) is 2.03. The van der Waals surface area contributed by atoms with Gasteiger partial charge in [-0.15, -0.1) is 0 Å². The predicted molar refractivity (Wildman–Crippen MR) is 52.2 cm³/mol. The monoisotopic (exact) mass is 178 g/mol. The summed E-state index contributed by atoms with van der Waals surface area (Å²) in [4.78, 5) is 2.61. The maximum atomic E-state index is 8.77. The first-order valence-electron chi connectivity index (χ1n) is 5.54. The molecule has 2 rings (SSSR count). The van der Waals surface area contributed by atoms with Gasteiger partial charge in [0.05, 0.1) is 6.07 Å². The second-order valence-electron chi connectivity index (χ2n) is 4.38. The van der Waals surface area contributed by atoms with Crippen LogP contribution in [0.5, 0.6) is 0 Å². The lowest BCUT2D eigenvalue weighted by Crippen LogP contribution is -2.39. The first-order chi connectivity index (χ1) is 6.40. The van der Waals surface area contributed by atoms with Crippen molar-refractivity contribution < 1.29 is 0 Å². The van der Waals surface area contributed by atoms with E-state index in [1.54, 1.807) is 0 Å². The normalized spacial score (nSPS) is 27.6. The zero-order valence-corrected chi connectivity index (χ0v) is 8.21. The van der Waals surface area contributed by atoms with Crippen molar-refractivity contribution in [1.29, 1.82) is 5.26 Å². The van der Waals surface area contributed by atoms with Gasteiger partial charge in [-0.1, -0.05) is 12.8 Å². The van der Waals surface area contributed by atoms with E-state index in [1.807, 2.05) is 0 Å². The van der Waals surface area contributed by atoms with Crippen LogP contribution in [0.3, 0.4) is 0 Å². The van der Waals surface area contributed by atoms with E-state index in [0.717, 1.165) is 18.9 Å².